The number of likely N-dealkylation sites (N-methyl/N-ethyl adjacent to an activating group) is 1. The lowest BCUT2D eigenvalue weighted by atomic mass is 10.1. The molecule has 30 heavy (non-hydrogen) atoms. The Balaban J connectivity index is 1.76. The molecule has 1 aromatic heterocycles. The molecular weight excluding hydrogens is 384 g/mol. The van der Waals surface area contributed by atoms with Crippen molar-refractivity contribution in [1.29, 1.82) is 0 Å². The van der Waals surface area contributed by atoms with Crippen molar-refractivity contribution in [2.24, 2.45) is 0 Å². The molecule has 0 spiro atoms. The van der Waals surface area contributed by atoms with Crippen molar-refractivity contribution >= 4 is 33.8 Å². The number of aryl methyl sites for hydroxylation is 1. The molecule has 0 radical (unpaired) electrons. The van der Waals surface area contributed by atoms with Gasteiger partial charge in [-0.15, -0.1) is 0 Å². The summed E-state index contributed by atoms with van der Waals surface area (Å²) in [4.78, 5) is 24.5. The van der Waals surface area contributed by atoms with Gasteiger partial charge in [0.2, 0.25) is 0 Å². The van der Waals surface area contributed by atoms with Crippen LogP contribution in [0.2, 0.25) is 0 Å². The summed E-state index contributed by atoms with van der Waals surface area (Å²) < 4.78 is 5.25. The average molecular weight is 408 g/mol. The third kappa shape index (κ3) is 3.84. The van der Waals surface area contributed by atoms with Crippen LogP contribution < -0.4 is 15.0 Å². The maximum Gasteiger partial charge on any atom is 0.293 e. The largest absolute Gasteiger partial charge is 0.497 e. The second-order valence-corrected chi connectivity index (χ2v) is 7.43. The normalized spacial score (nSPS) is 14.7. The summed E-state index contributed by atoms with van der Waals surface area (Å²) >= 11 is 0. The molecule has 0 unspecified atom stereocenters. The summed E-state index contributed by atoms with van der Waals surface area (Å²) in [6.45, 7) is 5.17. The summed E-state index contributed by atoms with van der Waals surface area (Å²) in [5.41, 5.74) is 3.16. The first-order chi connectivity index (χ1) is 14.5. The number of aromatic nitrogens is 2. The van der Waals surface area contributed by atoms with Gasteiger partial charge in [-0.1, -0.05) is 0 Å². The van der Waals surface area contributed by atoms with Gasteiger partial charge in [-0.05, 0) is 43.8 Å². The smallest absolute Gasteiger partial charge is 0.293 e. The number of nitrogens with zero attached hydrogens (tertiary/aromatic N) is 5. The number of ether oxygens (including phenoxy) is 1. The van der Waals surface area contributed by atoms with E-state index in [0.29, 0.717) is 22.4 Å². The summed E-state index contributed by atoms with van der Waals surface area (Å²) in [7, 11) is 3.68. The van der Waals surface area contributed by atoms with E-state index in [2.05, 4.69) is 32.1 Å². The van der Waals surface area contributed by atoms with Crippen LogP contribution in [0, 0.1) is 17.0 Å². The zero-order chi connectivity index (χ0) is 21.3. The molecule has 0 bridgehead atoms. The van der Waals surface area contributed by atoms with Gasteiger partial charge in [-0.3, -0.25) is 10.1 Å². The van der Waals surface area contributed by atoms with Gasteiger partial charge in [0.05, 0.1) is 17.5 Å². The summed E-state index contributed by atoms with van der Waals surface area (Å²) in [6, 6.07) is 9.04. The van der Waals surface area contributed by atoms with Crippen LogP contribution in [-0.4, -0.2) is 60.1 Å². The molecule has 156 valence electrons. The van der Waals surface area contributed by atoms with Crippen LogP contribution in [0.25, 0.3) is 10.9 Å². The second kappa shape index (κ2) is 8.11. The number of nitrogens with one attached hydrogen (secondary N) is 1. The number of benzene rings is 2. The van der Waals surface area contributed by atoms with Crippen molar-refractivity contribution < 1.29 is 9.66 Å². The SMILES string of the molecule is COc1ccc(Nc2ncnc3cc(N4CCN(C)CC4)c([N+](=O)[O-])cc23)c(C)c1. The predicted molar refractivity (Wildman–Crippen MR) is 117 cm³/mol. The second-order valence-electron chi connectivity index (χ2n) is 7.43. The van der Waals surface area contributed by atoms with Crippen molar-refractivity contribution in [3.8, 4) is 5.75 Å². The fourth-order valence-corrected chi connectivity index (χ4v) is 3.66. The first-order valence-electron chi connectivity index (χ1n) is 9.74. The van der Waals surface area contributed by atoms with E-state index >= 15 is 0 Å². The molecule has 9 heteroatoms. The molecule has 1 saturated heterocycles. The van der Waals surface area contributed by atoms with E-state index in [9.17, 15) is 10.1 Å². The van der Waals surface area contributed by atoms with Gasteiger partial charge >= 0.3 is 0 Å². The zero-order valence-corrected chi connectivity index (χ0v) is 17.3. The lowest BCUT2D eigenvalue weighted by molar-refractivity contribution is -0.384. The van der Waals surface area contributed by atoms with Crippen LogP contribution in [0.3, 0.4) is 0 Å². The predicted octanol–water partition coefficient (Wildman–Crippen LogP) is 3.35. The van der Waals surface area contributed by atoms with Crippen molar-refractivity contribution in [1.82, 2.24) is 14.9 Å². The van der Waals surface area contributed by atoms with Gasteiger partial charge in [-0.25, -0.2) is 9.97 Å². The van der Waals surface area contributed by atoms with E-state index in [-0.39, 0.29) is 10.6 Å². The maximum atomic E-state index is 11.9. The standard InChI is InChI=1S/C21H24N6O3/c1-14-10-15(30-3)4-5-17(14)24-21-16-11-20(27(28)29)19(12-18(16)22-13-23-21)26-8-6-25(2)7-9-26/h4-5,10-13H,6-9H2,1-3H3,(H,22,23,24). The molecule has 1 N–H and O–H groups in total. The number of nitro groups is 1. The van der Waals surface area contributed by atoms with Gasteiger partial charge in [0.25, 0.3) is 5.69 Å². The first kappa shape index (κ1) is 19.8. The highest BCUT2D eigenvalue weighted by molar-refractivity contribution is 5.96. The Morgan fingerprint density at radius 3 is 2.57 bits per heavy atom. The van der Waals surface area contributed by atoms with E-state index in [0.717, 1.165) is 43.2 Å². The van der Waals surface area contributed by atoms with Crippen LogP contribution in [0.15, 0.2) is 36.7 Å². The molecule has 9 nitrogen and oxygen atoms in total. The molecule has 2 aromatic carbocycles. The maximum absolute atomic E-state index is 11.9. The minimum Gasteiger partial charge on any atom is -0.497 e. The van der Waals surface area contributed by atoms with Gasteiger partial charge in [0.1, 0.15) is 23.6 Å². The number of hydrogen-bond acceptors (Lipinski definition) is 8. The number of piperazine rings is 1. The lowest BCUT2D eigenvalue weighted by Gasteiger charge is -2.33. The number of hydrogen-bond donors (Lipinski definition) is 1. The minimum atomic E-state index is -0.331. The highest BCUT2D eigenvalue weighted by Crippen LogP contribution is 2.36. The highest BCUT2D eigenvalue weighted by Gasteiger charge is 2.24. The van der Waals surface area contributed by atoms with Crippen molar-refractivity contribution in [3.05, 3.63) is 52.3 Å². The van der Waals surface area contributed by atoms with Crippen molar-refractivity contribution in [2.75, 3.05) is 50.6 Å². The molecule has 4 rings (SSSR count). The van der Waals surface area contributed by atoms with Crippen LogP contribution in [0.5, 0.6) is 5.75 Å². The average Bonchev–Trinajstić information content (AvgIpc) is 2.75. The zero-order valence-electron chi connectivity index (χ0n) is 17.3. The monoisotopic (exact) mass is 408 g/mol. The Hall–Kier alpha value is -3.46. The quantitative estimate of drug-likeness (QED) is 0.507. The molecule has 1 aliphatic rings. The molecule has 0 amide bonds. The summed E-state index contributed by atoms with van der Waals surface area (Å²) in [5.74, 6) is 1.29. The number of methoxy groups -OCH3 is 1. The van der Waals surface area contributed by atoms with Crippen LogP contribution >= 0.6 is 0 Å². The number of rotatable bonds is 5. The number of fused-ring (bicyclic) bond motifs is 1. The minimum absolute atomic E-state index is 0.0661. The molecule has 2 heterocycles. The lowest BCUT2D eigenvalue weighted by Crippen LogP contribution is -2.44. The van der Waals surface area contributed by atoms with E-state index < -0.39 is 0 Å². The molecule has 0 saturated carbocycles. The van der Waals surface area contributed by atoms with Crippen LogP contribution in [0.1, 0.15) is 5.56 Å². The molecule has 3 aromatic rings. The fraction of sp³-hybridized carbons (Fsp3) is 0.333. The van der Waals surface area contributed by atoms with E-state index in [1.807, 2.05) is 25.1 Å². The van der Waals surface area contributed by atoms with Gasteiger partial charge in [0, 0.05) is 43.3 Å². The number of anilines is 3. The van der Waals surface area contributed by atoms with E-state index in [1.165, 1.54) is 6.33 Å². The Morgan fingerprint density at radius 2 is 1.90 bits per heavy atom. The molecule has 1 aliphatic heterocycles. The van der Waals surface area contributed by atoms with Crippen molar-refractivity contribution in [3.63, 3.8) is 0 Å². The Morgan fingerprint density at radius 1 is 1.13 bits per heavy atom. The number of nitro benzene ring substituents is 1. The van der Waals surface area contributed by atoms with Gasteiger partial charge in [-0.2, -0.15) is 0 Å². The van der Waals surface area contributed by atoms with Gasteiger partial charge in [0.15, 0.2) is 0 Å². The van der Waals surface area contributed by atoms with Crippen molar-refractivity contribution in [2.45, 2.75) is 6.92 Å². The Labute approximate surface area is 174 Å². The summed E-state index contributed by atoms with van der Waals surface area (Å²) in [6.07, 6.45) is 1.48. The molecule has 0 atom stereocenters. The summed E-state index contributed by atoms with van der Waals surface area (Å²) in [5, 5.41) is 15.8. The fourth-order valence-electron chi connectivity index (χ4n) is 3.66. The first-order valence-corrected chi connectivity index (χ1v) is 9.74. The van der Waals surface area contributed by atoms with E-state index in [4.69, 9.17) is 4.74 Å². The third-order valence-corrected chi connectivity index (χ3v) is 5.46. The Kier molecular flexibility index (Phi) is 5.37. The topological polar surface area (TPSA) is 96.7 Å². The molecule has 0 aliphatic carbocycles. The Bertz CT molecular complexity index is 1100. The van der Waals surface area contributed by atoms with Crippen LogP contribution in [0.4, 0.5) is 22.9 Å². The highest BCUT2D eigenvalue weighted by atomic mass is 16.6. The molecular formula is C21H24N6O3. The van der Waals surface area contributed by atoms with Crippen LogP contribution in [-0.2, 0) is 0 Å². The van der Waals surface area contributed by atoms with Gasteiger partial charge < -0.3 is 19.9 Å². The van der Waals surface area contributed by atoms with E-state index in [1.54, 1.807) is 19.2 Å². The third-order valence-electron chi connectivity index (χ3n) is 5.46. The molecule has 1 fully saturated rings.